The highest BCUT2D eigenvalue weighted by Gasteiger charge is 2.05. The molecule has 0 saturated heterocycles. The molecule has 0 aliphatic heterocycles. The number of rotatable bonds is 4. The van der Waals surface area contributed by atoms with Crippen molar-refractivity contribution in [2.75, 3.05) is 5.32 Å². The van der Waals surface area contributed by atoms with E-state index in [2.05, 4.69) is 58.2 Å². The topological polar surface area (TPSA) is 41.9 Å². The molecule has 1 heterocycles. The van der Waals surface area contributed by atoms with Gasteiger partial charge in [-0.15, -0.1) is 0 Å². The maximum absolute atomic E-state index is 5.24. The van der Waals surface area contributed by atoms with Crippen LogP contribution in [0, 0.1) is 0 Å². The van der Waals surface area contributed by atoms with E-state index in [0.29, 0.717) is 11.2 Å². The first-order valence-corrected chi connectivity index (χ1v) is 8.10. The molecule has 2 aromatic carbocycles. The average Bonchev–Trinajstić information content (AvgIpc) is 2.94. The number of thiocarbonyl (C=S) groups is 1. The maximum Gasteiger partial charge on any atom is 0.172 e. The third kappa shape index (κ3) is 3.87. The van der Waals surface area contributed by atoms with Crippen molar-refractivity contribution >= 4 is 33.9 Å². The number of aromatic nitrogens is 2. The molecular weight excluding hydrogens is 304 g/mol. The summed E-state index contributed by atoms with van der Waals surface area (Å²) in [5.74, 6) is 0.753. The quantitative estimate of drug-likeness (QED) is 0.717. The van der Waals surface area contributed by atoms with Gasteiger partial charge in [-0.3, -0.25) is 4.68 Å². The summed E-state index contributed by atoms with van der Waals surface area (Å²) in [6.07, 6.45) is 1.96. The molecule has 5 heteroatoms. The molecular formula is C18H20N4S. The first kappa shape index (κ1) is 15.5. The molecule has 4 nitrogen and oxygen atoms in total. The Morgan fingerprint density at radius 3 is 2.74 bits per heavy atom. The Labute approximate surface area is 141 Å². The Kier molecular flexibility index (Phi) is 4.57. The van der Waals surface area contributed by atoms with Crippen LogP contribution in [0.2, 0.25) is 0 Å². The molecule has 0 saturated carbocycles. The van der Waals surface area contributed by atoms with Gasteiger partial charge in [0, 0.05) is 18.3 Å². The zero-order chi connectivity index (χ0) is 16.2. The summed E-state index contributed by atoms with van der Waals surface area (Å²) >= 11 is 5.24. The Morgan fingerprint density at radius 2 is 1.91 bits per heavy atom. The highest BCUT2D eigenvalue weighted by molar-refractivity contribution is 7.80. The molecule has 0 spiro atoms. The van der Waals surface area contributed by atoms with Gasteiger partial charge in [-0.2, -0.15) is 5.10 Å². The molecule has 1 aromatic heterocycles. The lowest BCUT2D eigenvalue weighted by Gasteiger charge is -2.11. The number of nitrogens with zero attached hydrogens (tertiary/aromatic N) is 2. The number of fused-ring (bicyclic) bond motifs is 1. The van der Waals surface area contributed by atoms with Crippen molar-refractivity contribution in [3.05, 3.63) is 60.3 Å². The summed E-state index contributed by atoms with van der Waals surface area (Å²) in [6, 6.07) is 17.0. The summed E-state index contributed by atoms with van der Waals surface area (Å²) in [5.41, 5.74) is 1.25. The molecule has 23 heavy (non-hydrogen) atoms. The lowest BCUT2D eigenvalue weighted by atomic mass is 10.0. The highest BCUT2D eigenvalue weighted by Crippen LogP contribution is 2.19. The standard InChI is InChI=1S/C18H20N4S/c1-13(2)19-18(23)20-17-10-11-22(21-17)12-15-8-5-7-14-6-3-4-9-16(14)15/h3-11,13H,12H2,1-2H3,(H2,19,20,21,23). The van der Waals surface area contributed by atoms with Crippen LogP contribution in [0.5, 0.6) is 0 Å². The minimum absolute atomic E-state index is 0.299. The van der Waals surface area contributed by atoms with Crippen molar-refractivity contribution in [1.29, 1.82) is 0 Å². The molecule has 2 N–H and O–H groups in total. The van der Waals surface area contributed by atoms with Crippen LogP contribution in [0.4, 0.5) is 5.82 Å². The van der Waals surface area contributed by atoms with E-state index in [9.17, 15) is 0 Å². The van der Waals surface area contributed by atoms with Crippen LogP contribution in [0.25, 0.3) is 10.8 Å². The summed E-state index contributed by atoms with van der Waals surface area (Å²) in [4.78, 5) is 0. The molecule has 0 amide bonds. The van der Waals surface area contributed by atoms with Gasteiger partial charge >= 0.3 is 0 Å². The molecule has 0 atom stereocenters. The first-order valence-electron chi connectivity index (χ1n) is 7.69. The largest absolute Gasteiger partial charge is 0.360 e. The molecule has 0 fully saturated rings. The molecule has 3 rings (SSSR count). The normalized spacial score (nSPS) is 10.9. The van der Waals surface area contributed by atoms with Crippen molar-refractivity contribution in [2.45, 2.75) is 26.4 Å². The maximum atomic E-state index is 5.24. The average molecular weight is 324 g/mol. The second kappa shape index (κ2) is 6.79. The van der Waals surface area contributed by atoms with Crippen molar-refractivity contribution in [1.82, 2.24) is 15.1 Å². The van der Waals surface area contributed by atoms with E-state index in [-0.39, 0.29) is 0 Å². The van der Waals surface area contributed by atoms with Gasteiger partial charge < -0.3 is 10.6 Å². The van der Waals surface area contributed by atoms with Crippen molar-refractivity contribution in [3.63, 3.8) is 0 Å². The van der Waals surface area contributed by atoms with E-state index in [1.807, 2.05) is 30.8 Å². The van der Waals surface area contributed by atoms with Gasteiger partial charge in [0.1, 0.15) is 0 Å². The molecule has 0 bridgehead atoms. The van der Waals surface area contributed by atoms with E-state index < -0.39 is 0 Å². The summed E-state index contributed by atoms with van der Waals surface area (Å²) in [6.45, 7) is 4.83. The Balaban J connectivity index is 1.75. The first-order chi connectivity index (χ1) is 11.1. The molecule has 0 aliphatic carbocycles. The van der Waals surface area contributed by atoms with Crippen LogP contribution in [0.3, 0.4) is 0 Å². The van der Waals surface area contributed by atoms with Gasteiger partial charge in [-0.25, -0.2) is 0 Å². The van der Waals surface area contributed by atoms with Crippen LogP contribution >= 0.6 is 12.2 Å². The number of benzene rings is 2. The van der Waals surface area contributed by atoms with Crippen LogP contribution in [0.1, 0.15) is 19.4 Å². The summed E-state index contributed by atoms with van der Waals surface area (Å²) in [7, 11) is 0. The van der Waals surface area contributed by atoms with Gasteiger partial charge in [0.15, 0.2) is 10.9 Å². The van der Waals surface area contributed by atoms with Gasteiger partial charge in [-0.05, 0) is 42.4 Å². The van der Waals surface area contributed by atoms with Gasteiger partial charge in [0.05, 0.1) is 6.54 Å². The van der Waals surface area contributed by atoms with Crippen molar-refractivity contribution < 1.29 is 0 Å². The zero-order valence-electron chi connectivity index (χ0n) is 13.3. The highest BCUT2D eigenvalue weighted by atomic mass is 32.1. The van der Waals surface area contributed by atoms with E-state index in [0.717, 1.165) is 12.4 Å². The third-order valence-electron chi connectivity index (χ3n) is 3.51. The van der Waals surface area contributed by atoms with E-state index in [1.165, 1.54) is 16.3 Å². The minimum atomic E-state index is 0.299. The number of anilines is 1. The fourth-order valence-corrected chi connectivity index (χ4v) is 2.88. The Morgan fingerprint density at radius 1 is 1.13 bits per heavy atom. The molecule has 0 radical (unpaired) electrons. The lowest BCUT2D eigenvalue weighted by molar-refractivity contribution is 0.692. The summed E-state index contributed by atoms with van der Waals surface area (Å²) < 4.78 is 1.92. The van der Waals surface area contributed by atoms with E-state index in [4.69, 9.17) is 12.2 Å². The van der Waals surface area contributed by atoms with Crippen LogP contribution in [0.15, 0.2) is 54.7 Å². The Bertz CT molecular complexity index is 817. The smallest absolute Gasteiger partial charge is 0.172 e. The fourth-order valence-electron chi connectivity index (χ4n) is 2.54. The second-order valence-corrected chi connectivity index (χ2v) is 6.20. The van der Waals surface area contributed by atoms with Crippen LogP contribution < -0.4 is 10.6 Å². The van der Waals surface area contributed by atoms with Crippen LogP contribution in [-0.2, 0) is 6.54 Å². The molecule has 0 aliphatic rings. The predicted molar refractivity (Wildman–Crippen MR) is 99.8 cm³/mol. The third-order valence-corrected chi connectivity index (χ3v) is 3.73. The molecule has 0 unspecified atom stereocenters. The number of hydrogen-bond donors (Lipinski definition) is 2. The minimum Gasteiger partial charge on any atom is -0.360 e. The lowest BCUT2D eigenvalue weighted by Crippen LogP contribution is -2.34. The molecule has 118 valence electrons. The number of hydrogen-bond acceptors (Lipinski definition) is 2. The van der Waals surface area contributed by atoms with Gasteiger partial charge in [0.25, 0.3) is 0 Å². The van der Waals surface area contributed by atoms with Crippen LogP contribution in [-0.4, -0.2) is 20.9 Å². The van der Waals surface area contributed by atoms with E-state index >= 15 is 0 Å². The zero-order valence-corrected chi connectivity index (χ0v) is 14.1. The second-order valence-electron chi connectivity index (χ2n) is 5.79. The summed E-state index contributed by atoms with van der Waals surface area (Å²) in [5, 5.41) is 13.9. The van der Waals surface area contributed by atoms with Crippen molar-refractivity contribution in [3.8, 4) is 0 Å². The number of nitrogens with one attached hydrogen (secondary N) is 2. The fraction of sp³-hybridized carbons (Fsp3) is 0.222. The van der Waals surface area contributed by atoms with E-state index in [1.54, 1.807) is 0 Å². The van der Waals surface area contributed by atoms with Crippen molar-refractivity contribution in [2.24, 2.45) is 0 Å². The monoisotopic (exact) mass is 324 g/mol. The predicted octanol–water partition coefficient (Wildman–Crippen LogP) is 3.78. The SMILES string of the molecule is CC(C)NC(=S)Nc1ccn(Cc2cccc3ccccc23)n1. The van der Waals surface area contributed by atoms with Gasteiger partial charge in [0.2, 0.25) is 0 Å². The Hall–Kier alpha value is -2.40. The van der Waals surface area contributed by atoms with Gasteiger partial charge in [-0.1, -0.05) is 42.5 Å². The molecule has 3 aromatic rings.